The topological polar surface area (TPSA) is 39.6 Å². The van der Waals surface area contributed by atoms with E-state index in [9.17, 15) is 5.11 Å². The average molecular weight is 291 g/mol. The van der Waals surface area contributed by atoms with Crippen LogP contribution in [0.2, 0.25) is 0 Å². The summed E-state index contributed by atoms with van der Waals surface area (Å²) in [6.07, 6.45) is 4.74. The van der Waals surface area contributed by atoms with E-state index in [0.29, 0.717) is 6.54 Å². The van der Waals surface area contributed by atoms with Gasteiger partial charge in [-0.25, -0.2) is 0 Å². The Morgan fingerprint density at radius 2 is 2.10 bits per heavy atom. The van der Waals surface area contributed by atoms with Crippen molar-refractivity contribution in [3.05, 3.63) is 24.0 Å². The van der Waals surface area contributed by atoms with Gasteiger partial charge >= 0.3 is 0 Å². The van der Waals surface area contributed by atoms with Gasteiger partial charge in [-0.2, -0.15) is 0 Å². The fourth-order valence-electron chi connectivity index (χ4n) is 2.99. The van der Waals surface area contributed by atoms with Crippen molar-refractivity contribution in [3.8, 4) is 0 Å². The normalized spacial score (nSPS) is 23.7. The number of aliphatic hydroxyl groups is 1. The zero-order valence-electron chi connectivity index (χ0n) is 14.1. The summed E-state index contributed by atoms with van der Waals surface area (Å²) in [6.45, 7) is 8.00. The van der Waals surface area contributed by atoms with E-state index in [0.717, 1.165) is 37.2 Å². The van der Waals surface area contributed by atoms with Gasteiger partial charge in [0.25, 0.3) is 0 Å². The molecule has 2 rings (SSSR count). The molecule has 0 amide bonds. The van der Waals surface area contributed by atoms with Gasteiger partial charge in [-0.15, -0.1) is 0 Å². The van der Waals surface area contributed by atoms with Crippen LogP contribution in [0.4, 0.5) is 5.69 Å². The minimum absolute atomic E-state index is 0.261. The van der Waals surface area contributed by atoms with Crippen molar-refractivity contribution in [3.63, 3.8) is 0 Å². The highest BCUT2D eigenvalue weighted by atomic mass is 16.3. The predicted molar refractivity (Wildman–Crippen MR) is 87.8 cm³/mol. The second kappa shape index (κ2) is 5.93. The molecule has 4 heteroatoms. The molecule has 1 saturated heterocycles. The number of aromatic nitrogens is 1. The summed E-state index contributed by atoms with van der Waals surface area (Å²) in [5.74, 6) is 0. The number of likely N-dealkylation sites (N-methyl/N-ethyl adjacent to an activating group) is 1. The van der Waals surface area contributed by atoms with Gasteiger partial charge in [-0.05, 0) is 59.3 Å². The number of hydrogen-bond acceptors (Lipinski definition) is 4. The third-order valence-corrected chi connectivity index (χ3v) is 5.26. The van der Waals surface area contributed by atoms with Crippen LogP contribution in [0.1, 0.15) is 39.3 Å². The van der Waals surface area contributed by atoms with E-state index in [1.54, 1.807) is 0 Å². The molecule has 0 spiro atoms. The Balaban J connectivity index is 2.20. The van der Waals surface area contributed by atoms with Crippen LogP contribution in [0, 0.1) is 0 Å². The molecule has 0 saturated carbocycles. The first kappa shape index (κ1) is 16.2. The van der Waals surface area contributed by atoms with Crippen molar-refractivity contribution in [1.82, 2.24) is 9.88 Å². The van der Waals surface area contributed by atoms with Crippen LogP contribution < -0.4 is 4.90 Å². The fraction of sp³-hybridized carbons (Fsp3) is 0.706. The zero-order chi connectivity index (χ0) is 15.7. The van der Waals surface area contributed by atoms with Crippen molar-refractivity contribution < 1.29 is 5.11 Å². The van der Waals surface area contributed by atoms with Gasteiger partial charge in [-0.1, -0.05) is 6.92 Å². The van der Waals surface area contributed by atoms with Crippen LogP contribution in [-0.2, 0) is 6.42 Å². The van der Waals surface area contributed by atoms with E-state index in [4.69, 9.17) is 0 Å². The number of β-amino-alcohol motifs (C(OH)–C–C–N with tert-alkyl or cyclic N) is 1. The van der Waals surface area contributed by atoms with Gasteiger partial charge in [0.1, 0.15) is 0 Å². The smallest absolute Gasteiger partial charge is 0.0999 e. The highest BCUT2D eigenvalue weighted by molar-refractivity contribution is 5.46. The molecule has 1 aliphatic rings. The molecule has 1 aromatic rings. The van der Waals surface area contributed by atoms with Gasteiger partial charge in [0.2, 0.25) is 0 Å². The summed E-state index contributed by atoms with van der Waals surface area (Å²) >= 11 is 0. The first-order valence-corrected chi connectivity index (χ1v) is 7.90. The molecule has 1 fully saturated rings. The SMILES string of the molecule is CCc1ccc(N2CCC[C@](O)(C(C)(C)N(C)C)C2)cn1. The van der Waals surface area contributed by atoms with Gasteiger partial charge in [0, 0.05) is 24.3 Å². The Kier molecular flexibility index (Phi) is 4.59. The van der Waals surface area contributed by atoms with Crippen LogP contribution in [0.15, 0.2) is 18.3 Å². The third kappa shape index (κ3) is 3.06. The minimum atomic E-state index is -0.710. The van der Waals surface area contributed by atoms with Gasteiger partial charge < -0.3 is 14.9 Å². The summed E-state index contributed by atoms with van der Waals surface area (Å²) in [5, 5.41) is 11.2. The van der Waals surface area contributed by atoms with Gasteiger partial charge in [0.15, 0.2) is 0 Å². The maximum atomic E-state index is 11.2. The number of nitrogens with zero attached hydrogens (tertiary/aromatic N) is 3. The largest absolute Gasteiger partial charge is 0.386 e. The molecule has 0 aliphatic carbocycles. The molecule has 0 bridgehead atoms. The molecule has 0 aromatic carbocycles. The third-order valence-electron chi connectivity index (χ3n) is 5.26. The number of hydrogen-bond donors (Lipinski definition) is 1. The Bertz CT molecular complexity index is 469. The van der Waals surface area contributed by atoms with Crippen molar-refractivity contribution in [2.24, 2.45) is 0 Å². The van der Waals surface area contributed by atoms with E-state index < -0.39 is 5.60 Å². The summed E-state index contributed by atoms with van der Waals surface area (Å²) < 4.78 is 0. The van der Waals surface area contributed by atoms with Crippen LogP contribution >= 0.6 is 0 Å². The molecule has 1 atom stereocenters. The van der Waals surface area contributed by atoms with Crippen molar-refractivity contribution in [2.45, 2.75) is 51.2 Å². The predicted octanol–water partition coefficient (Wildman–Crippen LogP) is 2.32. The molecule has 4 nitrogen and oxygen atoms in total. The van der Waals surface area contributed by atoms with Crippen molar-refractivity contribution in [2.75, 3.05) is 32.1 Å². The number of aryl methyl sites for hydroxylation is 1. The molecule has 1 N–H and O–H groups in total. The molecule has 1 aromatic heterocycles. The van der Waals surface area contributed by atoms with E-state index in [1.807, 2.05) is 20.3 Å². The monoisotopic (exact) mass is 291 g/mol. The lowest BCUT2D eigenvalue weighted by Gasteiger charge is -2.52. The maximum Gasteiger partial charge on any atom is 0.0999 e. The number of piperidine rings is 1. The molecule has 118 valence electrons. The van der Waals surface area contributed by atoms with Crippen LogP contribution in [0.5, 0.6) is 0 Å². The highest BCUT2D eigenvalue weighted by Crippen LogP contribution is 2.36. The van der Waals surface area contributed by atoms with Crippen molar-refractivity contribution >= 4 is 5.69 Å². The molecule has 0 radical (unpaired) electrons. The Morgan fingerprint density at radius 1 is 1.38 bits per heavy atom. The minimum Gasteiger partial charge on any atom is -0.386 e. The summed E-state index contributed by atoms with van der Waals surface area (Å²) in [6, 6.07) is 4.21. The first-order valence-electron chi connectivity index (χ1n) is 7.90. The number of pyridine rings is 1. The van der Waals surface area contributed by atoms with Crippen LogP contribution in [0.25, 0.3) is 0 Å². The lowest BCUT2D eigenvalue weighted by atomic mass is 9.76. The summed E-state index contributed by atoms with van der Waals surface area (Å²) in [4.78, 5) is 8.87. The van der Waals surface area contributed by atoms with E-state index in [1.165, 1.54) is 0 Å². The van der Waals surface area contributed by atoms with Crippen LogP contribution in [-0.4, -0.2) is 53.3 Å². The molecule has 2 heterocycles. The number of anilines is 1. The zero-order valence-corrected chi connectivity index (χ0v) is 14.1. The Labute approximate surface area is 128 Å². The molecule has 1 aliphatic heterocycles. The second-order valence-corrected chi connectivity index (χ2v) is 6.87. The second-order valence-electron chi connectivity index (χ2n) is 6.87. The first-order chi connectivity index (χ1) is 9.80. The lowest BCUT2D eigenvalue weighted by molar-refractivity contribution is -0.0882. The van der Waals surface area contributed by atoms with Crippen molar-refractivity contribution in [1.29, 1.82) is 0 Å². The molecular weight excluding hydrogens is 262 g/mol. The standard InChI is InChI=1S/C17H29N3O/c1-6-14-8-9-15(12-18-14)20-11-7-10-17(21,13-20)16(2,3)19(4)5/h8-9,12,21H,6-7,10-11,13H2,1-5H3/t17-/m1/s1. The molecule has 0 unspecified atom stereocenters. The van der Waals surface area contributed by atoms with Gasteiger partial charge in [-0.3, -0.25) is 4.98 Å². The Hall–Kier alpha value is -1.13. The fourth-order valence-corrected chi connectivity index (χ4v) is 2.99. The molecular formula is C17H29N3O. The van der Waals surface area contributed by atoms with Gasteiger partial charge in [0.05, 0.1) is 17.5 Å². The summed E-state index contributed by atoms with van der Waals surface area (Å²) in [7, 11) is 4.07. The lowest BCUT2D eigenvalue weighted by Crippen LogP contribution is -2.65. The Morgan fingerprint density at radius 3 is 2.62 bits per heavy atom. The molecule has 21 heavy (non-hydrogen) atoms. The van der Waals surface area contributed by atoms with E-state index >= 15 is 0 Å². The van der Waals surface area contributed by atoms with Crippen LogP contribution in [0.3, 0.4) is 0 Å². The van der Waals surface area contributed by atoms with E-state index in [2.05, 4.69) is 47.7 Å². The quantitative estimate of drug-likeness (QED) is 0.924. The maximum absolute atomic E-state index is 11.2. The average Bonchev–Trinajstić information content (AvgIpc) is 2.47. The summed E-state index contributed by atoms with van der Waals surface area (Å²) in [5.41, 5.74) is 1.25. The number of rotatable bonds is 4. The van der Waals surface area contributed by atoms with E-state index in [-0.39, 0.29) is 5.54 Å². The highest BCUT2D eigenvalue weighted by Gasteiger charge is 2.47.